The van der Waals surface area contributed by atoms with Crippen LogP contribution in [0.4, 0.5) is 15.8 Å². The van der Waals surface area contributed by atoms with E-state index >= 15 is 0 Å². The lowest BCUT2D eigenvalue weighted by atomic mass is 9.87. The van der Waals surface area contributed by atoms with Crippen LogP contribution in [0.5, 0.6) is 0 Å². The van der Waals surface area contributed by atoms with E-state index in [-0.39, 0.29) is 16.8 Å². The number of halogens is 2. The number of nitrogen functional groups attached to an aromatic ring is 1. The summed E-state index contributed by atoms with van der Waals surface area (Å²) in [6, 6.07) is 15.6. The molecular formula is C27H25ClFN3O2S. The van der Waals surface area contributed by atoms with Crippen molar-refractivity contribution in [2.45, 2.75) is 31.1 Å². The molecule has 3 aromatic carbocycles. The number of pyridine rings is 1. The zero-order valence-corrected chi connectivity index (χ0v) is 21.3. The zero-order valence-electron chi connectivity index (χ0n) is 19.8. The van der Waals surface area contributed by atoms with Crippen LogP contribution in [0.25, 0.3) is 22.0 Å². The standard InChI is InChI=1S/C27H25ClFN3O2S/c1-27(2,3)19-10-7-15(14-20(19)29)35-32(4)22-12-11-21(30)24(28)23(22)16-8-9-18(26(33)34)25-17(16)6-5-13-31-25/h5-14H,30H2,1-4H3,(H,33,34). The van der Waals surface area contributed by atoms with Gasteiger partial charge in [-0.1, -0.05) is 50.6 Å². The molecule has 3 N–H and O–H groups in total. The van der Waals surface area contributed by atoms with Crippen LogP contribution < -0.4 is 10.0 Å². The summed E-state index contributed by atoms with van der Waals surface area (Å²) in [5.74, 6) is -1.32. The van der Waals surface area contributed by atoms with Crippen molar-refractivity contribution in [1.29, 1.82) is 0 Å². The summed E-state index contributed by atoms with van der Waals surface area (Å²) in [6.45, 7) is 5.92. The number of hydrogen-bond donors (Lipinski definition) is 2. The maximum atomic E-state index is 14.8. The van der Waals surface area contributed by atoms with E-state index < -0.39 is 5.97 Å². The number of carboxylic acid groups (broad SMARTS) is 1. The van der Waals surface area contributed by atoms with Gasteiger partial charge in [0, 0.05) is 29.1 Å². The zero-order chi connectivity index (χ0) is 25.5. The van der Waals surface area contributed by atoms with Gasteiger partial charge >= 0.3 is 5.97 Å². The van der Waals surface area contributed by atoms with Crippen molar-refractivity contribution in [2.75, 3.05) is 17.1 Å². The van der Waals surface area contributed by atoms with E-state index in [4.69, 9.17) is 17.3 Å². The minimum atomic E-state index is -1.06. The van der Waals surface area contributed by atoms with E-state index in [1.807, 2.05) is 50.3 Å². The number of carboxylic acids is 1. The minimum absolute atomic E-state index is 0.100. The highest BCUT2D eigenvalue weighted by molar-refractivity contribution is 8.00. The topological polar surface area (TPSA) is 79.5 Å². The van der Waals surface area contributed by atoms with Gasteiger partial charge in [-0.3, -0.25) is 4.98 Å². The third-order valence-electron chi connectivity index (χ3n) is 5.75. The predicted octanol–water partition coefficient (Wildman–Crippen LogP) is 7.42. The van der Waals surface area contributed by atoms with Gasteiger partial charge in [0.05, 0.1) is 27.5 Å². The number of fused-ring (bicyclic) bond motifs is 1. The molecule has 35 heavy (non-hydrogen) atoms. The van der Waals surface area contributed by atoms with Crippen LogP contribution in [-0.4, -0.2) is 23.1 Å². The first-order chi connectivity index (χ1) is 16.5. The molecule has 0 fully saturated rings. The first kappa shape index (κ1) is 24.8. The summed E-state index contributed by atoms with van der Waals surface area (Å²) in [4.78, 5) is 16.8. The molecule has 0 bridgehead atoms. The first-order valence-corrected chi connectivity index (χ1v) is 12.0. The summed E-state index contributed by atoms with van der Waals surface area (Å²) in [7, 11) is 1.86. The number of aromatic carboxylic acids is 1. The summed E-state index contributed by atoms with van der Waals surface area (Å²) in [5.41, 5.74) is 9.45. The molecule has 1 heterocycles. The lowest BCUT2D eigenvalue weighted by Gasteiger charge is -2.25. The highest BCUT2D eigenvalue weighted by Gasteiger charge is 2.22. The Labute approximate surface area is 212 Å². The van der Waals surface area contributed by atoms with Crippen LogP contribution in [0.2, 0.25) is 5.02 Å². The van der Waals surface area contributed by atoms with Gasteiger partial charge in [-0.25, -0.2) is 9.18 Å². The van der Waals surface area contributed by atoms with Crippen LogP contribution in [0.15, 0.2) is 65.7 Å². The van der Waals surface area contributed by atoms with Gasteiger partial charge in [-0.2, -0.15) is 0 Å². The molecule has 0 saturated heterocycles. The van der Waals surface area contributed by atoms with E-state index in [1.54, 1.807) is 30.5 Å². The average Bonchev–Trinajstić information content (AvgIpc) is 2.79. The second kappa shape index (κ2) is 9.40. The molecule has 0 aliphatic carbocycles. The lowest BCUT2D eigenvalue weighted by molar-refractivity contribution is 0.0699. The quantitative estimate of drug-likeness (QED) is 0.215. The fourth-order valence-electron chi connectivity index (χ4n) is 4.03. The Balaban J connectivity index is 1.83. The highest BCUT2D eigenvalue weighted by Crippen LogP contribution is 2.45. The van der Waals surface area contributed by atoms with E-state index in [9.17, 15) is 14.3 Å². The average molecular weight is 510 g/mol. The molecule has 0 radical (unpaired) electrons. The Bertz CT molecular complexity index is 1450. The van der Waals surface area contributed by atoms with Gasteiger partial charge in [-0.15, -0.1) is 0 Å². The van der Waals surface area contributed by atoms with Crippen LogP contribution in [0.3, 0.4) is 0 Å². The number of nitrogens with zero attached hydrogens (tertiary/aromatic N) is 2. The van der Waals surface area contributed by atoms with Crippen LogP contribution in [0.1, 0.15) is 36.7 Å². The van der Waals surface area contributed by atoms with Gasteiger partial charge in [-0.05, 0) is 64.9 Å². The number of benzene rings is 3. The molecule has 8 heteroatoms. The predicted molar refractivity (Wildman–Crippen MR) is 143 cm³/mol. The number of hydrogen-bond acceptors (Lipinski definition) is 5. The third-order valence-corrected chi connectivity index (χ3v) is 7.09. The van der Waals surface area contributed by atoms with Gasteiger partial charge < -0.3 is 15.1 Å². The van der Waals surface area contributed by atoms with Gasteiger partial charge in [0.1, 0.15) is 5.82 Å². The molecule has 180 valence electrons. The fourth-order valence-corrected chi connectivity index (χ4v) is 5.15. The Hall–Kier alpha value is -3.29. The smallest absolute Gasteiger partial charge is 0.337 e. The Morgan fingerprint density at radius 1 is 1.14 bits per heavy atom. The second-order valence-electron chi connectivity index (χ2n) is 9.21. The van der Waals surface area contributed by atoms with Gasteiger partial charge in [0.15, 0.2) is 0 Å². The maximum Gasteiger partial charge on any atom is 0.337 e. The van der Waals surface area contributed by atoms with Gasteiger partial charge in [0.25, 0.3) is 0 Å². The van der Waals surface area contributed by atoms with E-state index in [0.29, 0.717) is 38.3 Å². The number of nitrogens with two attached hydrogens (primary N) is 1. The first-order valence-electron chi connectivity index (χ1n) is 10.9. The number of rotatable bonds is 5. The molecule has 4 rings (SSSR count). The van der Waals surface area contributed by atoms with Crippen LogP contribution >= 0.6 is 23.5 Å². The molecule has 0 aliphatic rings. The summed E-state index contributed by atoms with van der Waals surface area (Å²) in [5, 5.41) is 10.6. The number of anilines is 2. The summed E-state index contributed by atoms with van der Waals surface area (Å²) >= 11 is 8.07. The van der Waals surface area contributed by atoms with Crippen molar-refractivity contribution in [3.8, 4) is 11.1 Å². The van der Waals surface area contributed by atoms with Crippen molar-refractivity contribution in [3.05, 3.63) is 82.8 Å². The van der Waals surface area contributed by atoms with E-state index in [1.165, 1.54) is 24.1 Å². The van der Waals surface area contributed by atoms with Crippen molar-refractivity contribution in [3.63, 3.8) is 0 Å². The molecule has 0 atom stereocenters. The molecule has 0 amide bonds. The SMILES string of the molecule is CN(Sc1ccc(C(C)(C)C)c(F)c1)c1ccc(N)c(Cl)c1-c1ccc(C(=O)O)c2ncccc12. The Morgan fingerprint density at radius 3 is 2.54 bits per heavy atom. The normalized spacial score (nSPS) is 11.6. The van der Waals surface area contributed by atoms with Crippen molar-refractivity contribution >= 4 is 51.8 Å². The molecule has 0 spiro atoms. The maximum absolute atomic E-state index is 14.8. The van der Waals surface area contributed by atoms with Crippen molar-refractivity contribution in [1.82, 2.24) is 4.98 Å². The largest absolute Gasteiger partial charge is 0.478 e. The molecule has 0 saturated carbocycles. The van der Waals surface area contributed by atoms with E-state index in [0.717, 1.165) is 10.6 Å². The highest BCUT2D eigenvalue weighted by atomic mass is 35.5. The van der Waals surface area contributed by atoms with E-state index in [2.05, 4.69) is 4.98 Å². The van der Waals surface area contributed by atoms with Crippen molar-refractivity contribution < 1.29 is 14.3 Å². The lowest BCUT2D eigenvalue weighted by Crippen LogP contribution is -2.14. The number of carbonyl (C=O) groups is 1. The molecule has 0 unspecified atom stereocenters. The molecule has 1 aromatic heterocycles. The third kappa shape index (κ3) is 4.79. The molecule has 5 nitrogen and oxygen atoms in total. The molecular weight excluding hydrogens is 485 g/mol. The van der Waals surface area contributed by atoms with Crippen molar-refractivity contribution in [2.24, 2.45) is 0 Å². The monoisotopic (exact) mass is 509 g/mol. The van der Waals surface area contributed by atoms with Crippen LogP contribution in [-0.2, 0) is 5.41 Å². The summed E-state index contributed by atoms with van der Waals surface area (Å²) < 4.78 is 16.7. The van der Waals surface area contributed by atoms with Gasteiger partial charge in [0.2, 0.25) is 0 Å². The Morgan fingerprint density at radius 2 is 1.89 bits per heavy atom. The minimum Gasteiger partial charge on any atom is -0.478 e. The summed E-state index contributed by atoms with van der Waals surface area (Å²) in [6.07, 6.45) is 1.55. The van der Waals surface area contributed by atoms with Crippen LogP contribution in [0, 0.1) is 5.82 Å². The second-order valence-corrected chi connectivity index (χ2v) is 10.8. The molecule has 4 aromatic rings. The number of aromatic nitrogens is 1. The molecule has 0 aliphatic heterocycles. The Kier molecular flexibility index (Phi) is 6.66. The fraction of sp³-hybridized carbons (Fsp3) is 0.185.